The Kier molecular flexibility index (Phi) is 5.25. The van der Waals surface area contributed by atoms with Crippen molar-refractivity contribution in [1.82, 2.24) is 10.2 Å². The van der Waals surface area contributed by atoms with Gasteiger partial charge in [-0.3, -0.25) is 0 Å². The van der Waals surface area contributed by atoms with Crippen molar-refractivity contribution in [1.29, 1.82) is 0 Å². The fourth-order valence-electron chi connectivity index (χ4n) is 2.59. The molecule has 0 saturated carbocycles. The van der Waals surface area contributed by atoms with E-state index in [1.165, 1.54) is 24.3 Å². The molecule has 4 rings (SSSR count). The van der Waals surface area contributed by atoms with Gasteiger partial charge in [0.15, 0.2) is 0 Å². The van der Waals surface area contributed by atoms with Crippen molar-refractivity contribution in [2.45, 2.75) is 0 Å². The zero-order chi connectivity index (χ0) is 20.1. The second-order valence-corrected chi connectivity index (χ2v) is 6.09. The van der Waals surface area contributed by atoms with Gasteiger partial charge < -0.3 is 9.47 Å². The molecule has 0 aliphatic heterocycles. The van der Waals surface area contributed by atoms with E-state index < -0.39 is 11.8 Å². The smallest absolute Gasteiger partial charge is 0.344 e. The molecule has 142 valence electrons. The number of hydrogen-bond donors (Lipinski definition) is 0. The lowest BCUT2D eigenvalue weighted by atomic mass is 10.1. The predicted molar refractivity (Wildman–Crippen MR) is 105 cm³/mol. The number of carbonyl (C=O) groups excluding carboxylic acids is 1. The van der Waals surface area contributed by atoms with E-state index in [0.717, 1.165) is 11.3 Å². The Morgan fingerprint density at radius 2 is 1.41 bits per heavy atom. The normalized spacial score (nSPS) is 10.4. The molecule has 0 amide bonds. The highest BCUT2D eigenvalue weighted by atomic mass is 19.1. The monoisotopic (exact) mass is 386 g/mol. The number of esters is 1. The van der Waals surface area contributed by atoms with Crippen LogP contribution in [0.25, 0.3) is 11.3 Å². The highest BCUT2D eigenvalue weighted by molar-refractivity contribution is 5.90. The summed E-state index contributed by atoms with van der Waals surface area (Å²) in [5.74, 6) is 0.470. The Hall–Kier alpha value is -4.06. The number of benzene rings is 3. The highest BCUT2D eigenvalue weighted by Crippen LogP contribution is 2.25. The van der Waals surface area contributed by atoms with Crippen LogP contribution in [0.5, 0.6) is 17.4 Å². The van der Waals surface area contributed by atoms with Crippen molar-refractivity contribution in [3.63, 3.8) is 0 Å². The number of nitrogens with zero attached hydrogens (tertiary/aromatic N) is 2. The van der Waals surface area contributed by atoms with Crippen LogP contribution in [-0.4, -0.2) is 16.2 Å². The van der Waals surface area contributed by atoms with Crippen molar-refractivity contribution >= 4 is 5.97 Å². The predicted octanol–water partition coefficient (Wildman–Crippen LogP) is 5.29. The van der Waals surface area contributed by atoms with Gasteiger partial charge >= 0.3 is 5.97 Å². The molecule has 0 bridgehead atoms. The molecule has 1 aromatic heterocycles. The molecule has 0 unspecified atom stereocenters. The van der Waals surface area contributed by atoms with E-state index in [1.54, 1.807) is 12.1 Å². The van der Waals surface area contributed by atoms with Gasteiger partial charge in [-0.2, -0.15) is 0 Å². The highest BCUT2D eigenvalue weighted by Gasteiger charge is 2.10. The average Bonchev–Trinajstić information content (AvgIpc) is 2.76. The van der Waals surface area contributed by atoms with Crippen LogP contribution in [0.3, 0.4) is 0 Å². The Bertz CT molecular complexity index is 1100. The van der Waals surface area contributed by atoms with E-state index in [4.69, 9.17) is 9.47 Å². The standard InChI is InChI=1S/C23H15FN2O3/c24-18-10-6-17(7-11-18)23(27)29-22-15-14-21(25-26-22)16-8-12-20(13-9-16)28-19-4-2-1-3-5-19/h1-15H. The van der Waals surface area contributed by atoms with Crippen LogP contribution in [0.4, 0.5) is 4.39 Å². The molecule has 5 nitrogen and oxygen atoms in total. The Balaban J connectivity index is 1.42. The summed E-state index contributed by atoms with van der Waals surface area (Å²) in [4.78, 5) is 12.0. The van der Waals surface area contributed by atoms with Crippen LogP contribution in [-0.2, 0) is 0 Å². The largest absolute Gasteiger partial charge is 0.457 e. The second kappa shape index (κ2) is 8.31. The maximum Gasteiger partial charge on any atom is 0.344 e. The van der Waals surface area contributed by atoms with Crippen LogP contribution < -0.4 is 9.47 Å². The van der Waals surface area contributed by atoms with Gasteiger partial charge in [-0.1, -0.05) is 18.2 Å². The molecule has 4 aromatic rings. The summed E-state index contributed by atoms with van der Waals surface area (Å²) >= 11 is 0. The minimum atomic E-state index is -0.630. The first-order valence-corrected chi connectivity index (χ1v) is 8.82. The van der Waals surface area contributed by atoms with Gasteiger partial charge in [0.05, 0.1) is 11.3 Å². The lowest BCUT2D eigenvalue weighted by molar-refractivity contribution is 0.0726. The first-order chi connectivity index (χ1) is 14.2. The van der Waals surface area contributed by atoms with E-state index in [9.17, 15) is 9.18 Å². The van der Waals surface area contributed by atoms with E-state index in [-0.39, 0.29) is 11.4 Å². The lowest BCUT2D eigenvalue weighted by Gasteiger charge is -2.07. The number of para-hydroxylation sites is 1. The zero-order valence-electron chi connectivity index (χ0n) is 15.2. The summed E-state index contributed by atoms with van der Waals surface area (Å²) < 4.78 is 23.9. The Morgan fingerprint density at radius 3 is 2.07 bits per heavy atom. The Morgan fingerprint density at radius 1 is 0.724 bits per heavy atom. The fourth-order valence-corrected chi connectivity index (χ4v) is 2.59. The minimum absolute atomic E-state index is 0.0621. The number of carbonyl (C=O) groups is 1. The third kappa shape index (κ3) is 4.62. The van der Waals surface area contributed by atoms with E-state index in [1.807, 2.05) is 54.6 Å². The molecule has 6 heteroatoms. The molecule has 1 heterocycles. The molecule has 0 N–H and O–H groups in total. The van der Waals surface area contributed by atoms with Crippen LogP contribution in [0.15, 0.2) is 91.0 Å². The van der Waals surface area contributed by atoms with Gasteiger partial charge in [0.25, 0.3) is 0 Å². The second-order valence-electron chi connectivity index (χ2n) is 6.09. The Labute approximate surface area is 166 Å². The van der Waals surface area contributed by atoms with Crippen LogP contribution in [0.1, 0.15) is 10.4 Å². The molecule has 0 radical (unpaired) electrons. The molecule has 0 fully saturated rings. The van der Waals surface area contributed by atoms with Crippen molar-refractivity contribution in [2.24, 2.45) is 0 Å². The number of halogens is 1. The molecular formula is C23H15FN2O3. The average molecular weight is 386 g/mol. The molecule has 0 aliphatic carbocycles. The van der Waals surface area contributed by atoms with Crippen molar-refractivity contribution in [3.05, 3.63) is 102 Å². The molecule has 3 aromatic carbocycles. The van der Waals surface area contributed by atoms with Gasteiger partial charge in [-0.15, -0.1) is 10.2 Å². The number of ether oxygens (including phenoxy) is 2. The molecule has 0 atom stereocenters. The van der Waals surface area contributed by atoms with E-state index >= 15 is 0 Å². The first-order valence-electron chi connectivity index (χ1n) is 8.82. The van der Waals surface area contributed by atoms with Crippen molar-refractivity contribution < 1.29 is 18.7 Å². The van der Waals surface area contributed by atoms with Gasteiger partial charge in [0.2, 0.25) is 5.88 Å². The first kappa shape index (κ1) is 18.3. The maximum atomic E-state index is 12.9. The SMILES string of the molecule is O=C(Oc1ccc(-c2ccc(Oc3ccccc3)cc2)nn1)c1ccc(F)cc1. The molecular weight excluding hydrogens is 371 g/mol. The molecule has 0 saturated heterocycles. The minimum Gasteiger partial charge on any atom is -0.457 e. The third-order valence-corrected chi connectivity index (χ3v) is 4.05. The quantitative estimate of drug-likeness (QED) is 0.436. The van der Waals surface area contributed by atoms with Crippen LogP contribution in [0, 0.1) is 5.82 Å². The summed E-state index contributed by atoms with van der Waals surface area (Å²) in [5, 5.41) is 8.03. The molecule has 0 spiro atoms. The topological polar surface area (TPSA) is 61.3 Å². The summed E-state index contributed by atoms with van der Waals surface area (Å²) in [6.45, 7) is 0. The summed E-state index contributed by atoms with van der Waals surface area (Å²) in [7, 11) is 0. The molecule has 29 heavy (non-hydrogen) atoms. The summed E-state index contributed by atoms with van der Waals surface area (Å²) in [6.07, 6.45) is 0. The molecule has 0 aliphatic rings. The fraction of sp³-hybridized carbons (Fsp3) is 0. The third-order valence-electron chi connectivity index (χ3n) is 4.05. The summed E-state index contributed by atoms with van der Waals surface area (Å²) in [5.41, 5.74) is 1.69. The summed E-state index contributed by atoms with van der Waals surface area (Å²) in [6, 6.07) is 25.2. The van der Waals surface area contributed by atoms with Crippen molar-refractivity contribution in [3.8, 4) is 28.6 Å². The van der Waals surface area contributed by atoms with Gasteiger partial charge in [-0.25, -0.2) is 9.18 Å². The van der Waals surface area contributed by atoms with Crippen LogP contribution in [0.2, 0.25) is 0 Å². The van der Waals surface area contributed by atoms with Gasteiger partial charge in [0, 0.05) is 11.6 Å². The number of hydrogen-bond acceptors (Lipinski definition) is 5. The number of aromatic nitrogens is 2. The zero-order valence-corrected chi connectivity index (χ0v) is 15.2. The lowest BCUT2D eigenvalue weighted by Crippen LogP contribution is -2.09. The van der Waals surface area contributed by atoms with E-state index in [0.29, 0.717) is 11.4 Å². The number of rotatable bonds is 5. The van der Waals surface area contributed by atoms with Crippen molar-refractivity contribution in [2.75, 3.05) is 0 Å². The van der Waals surface area contributed by atoms with Gasteiger partial charge in [0.1, 0.15) is 17.3 Å². The van der Waals surface area contributed by atoms with Gasteiger partial charge in [-0.05, 0) is 66.7 Å². The van der Waals surface area contributed by atoms with Crippen LogP contribution >= 0.6 is 0 Å². The maximum absolute atomic E-state index is 12.9. The van der Waals surface area contributed by atoms with E-state index in [2.05, 4.69) is 10.2 Å².